The zero-order valence-corrected chi connectivity index (χ0v) is 28.3. The summed E-state index contributed by atoms with van der Waals surface area (Å²) in [5, 5.41) is 7.78. The monoisotopic (exact) mass is 643 g/mol. The van der Waals surface area contributed by atoms with Crippen molar-refractivity contribution in [2.45, 2.75) is 19.3 Å². The van der Waals surface area contributed by atoms with Crippen LogP contribution in [0.15, 0.2) is 164 Å². The van der Waals surface area contributed by atoms with E-state index in [9.17, 15) is 0 Å². The van der Waals surface area contributed by atoms with E-state index in [0.717, 1.165) is 17.1 Å². The lowest BCUT2D eigenvalue weighted by molar-refractivity contribution is 0.660. The van der Waals surface area contributed by atoms with Crippen molar-refractivity contribution in [1.29, 1.82) is 0 Å². The van der Waals surface area contributed by atoms with E-state index in [1.807, 2.05) is 11.3 Å². The molecule has 1 nitrogen and oxygen atoms in total. The fourth-order valence-electron chi connectivity index (χ4n) is 8.19. The van der Waals surface area contributed by atoms with E-state index in [1.165, 1.54) is 75.1 Å². The molecule has 0 spiro atoms. The van der Waals surface area contributed by atoms with Crippen LogP contribution in [0.2, 0.25) is 0 Å². The van der Waals surface area contributed by atoms with Crippen molar-refractivity contribution in [1.82, 2.24) is 0 Å². The van der Waals surface area contributed by atoms with Crippen molar-refractivity contribution in [3.8, 4) is 22.3 Å². The van der Waals surface area contributed by atoms with Gasteiger partial charge in [0.1, 0.15) is 0 Å². The maximum absolute atomic E-state index is 2.43. The van der Waals surface area contributed by atoms with Crippen molar-refractivity contribution in [2.24, 2.45) is 0 Å². The highest BCUT2D eigenvalue weighted by molar-refractivity contribution is 7.26. The Morgan fingerprint density at radius 3 is 1.90 bits per heavy atom. The van der Waals surface area contributed by atoms with Crippen LogP contribution < -0.4 is 4.90 Å². The summed E-state index contributed by atoms with van der Waals surface area (Å²) in [6.45, 7) is 4.69. The van der Waals surface area contributed by atoms with Gasteiger partial charge in [0.2, 0.25) is 0 Å². The van der Waals surface area contributed by atoms with Crippen LogP contribution in [-0.2, 0) is 5.41 Å². The molecular formula is C47H33NS. The normalized spacial score (nSPS) is 13.3. The van der Waals surface area contributed by atoms with Crippen LogP contribution >= 0.6 is 11.3 Å². The van der Waals surface area contributed by atoms with E-state index in [1.54, 1.807) is 0 Å². The molecule has 232 valence electrons. The average Bonchev–Trinajstić information content (AvgIpc) is 3.64. The first-order valence-corrected chi connectivity index (χ1v) is 17.8. The number of benzene rings is 8. The van der Waals surface area contributed by atoms with Crippen molar-refractivity contribution >= 4 is 70.1 Å². The van der Waals surface area contributed by atoms with Gasteiger partial charge in [0.05, 0.1) is 0 Å². The molecule has 0 saturated heterocycles. The molecule has 0 radical (unpaired) electrons. The third-order valence-corrected chi connectivity index (χ3v) is 11.9. The zero-order valence-electron chi connectivity index (χ0n) is 27.4. The molecule has 0 saturated carbocycles. The first kappa shape index (κ1) is 28.3. The van der Waals surface area contributed by atoms with Crippen LogP contribution in [0.3, 0.4) is 0 Å². The Morgan fingerprint density at radius 1 is 0.429 bits per heavy atom. The standard InChI is InChI=1S/C47H33NS/c1-47(2)43-17-8-7-15-39(43)42-28-34(24-27-44(42)47)48(33-21-18-32(19-22-33)37-16-9-12-30-10-3-5-13-36(30)37)35-23-26-40-41-25-20-31-11-4-6-14-38(31)46(41)49-45(40)29-35/h3-29H,1-2H3. The quantitative estimate of drug-likeness (QED) is 0.184. The number of rotatable bonds is 4. The highest BCUT2D eigenvalue weighted by Crippen LogP contribution is 2.51. The second kappa shape index (κ2) is 10.7. The Kier molecular flexibility index (Phi) is 6.16. The van der Waals surface area contributed by atoms with Crippen LogP contribution in [-0.4, -0.2) is 0 Å². The third-order valence-electron chi connectivity index (χ3n) is 10.7. The van der Waals surface area contributed by atoms with E-state index in [4.69, 9.17) is 0 Å². The van der Waals surface area contributed by atoms with Gasteiger partial charge in [-0.15, -0.1) is 11.3 Å². The van der Waals surface area contributed by atoms with Gasteiger partial charge in [0.15, 0.2) is 0 Å². The topological polar surface area (TPSA) is 3.24 Å². The molecule has 0 bridgehead atoms. The summed E-state index contributed by atoms with van der Waals surface area (Å²) >= 11 is 1.90. The van der Waals surface area contributed by atoms with Crippen LogP contribution in [0.25, 0.3) is 64.0 Å². The Bertz CT molecular complexity index is 2740. The fraction of sp³-hybridized carbons (Fsp3) is 0.0638. The zero-order chi connectivity index (χ0) is 32.7. The van der Waals surface area contributed by atoms with Gasteiger partial charge in [-0.2, -0.15) is 0 Å². The molecule has 0 N–H and O–H groups in total. The molecule has 0 fully saturated rings. The number of nitrogens with zero attached hydrogens (tertiary/aromatic N) is 1. The van der Waals surface area contributed by atoms with Crippen LogP contribution in [0.1, 0.15) is 25.0 Å². The molecular weight excluding hydrogens is 611 g/mol. The molecule has 9 aromatic rings. The fourth-order valence-corrected chi connectivity index (χ4v) is 9.47. The van der Waals surface area contributed by atoms with Crippen molar-refractivity contribution < 1.29 is 0 Å². The lowest BCUT2D eigenvalue weighted by atomic mass is 9.82. The van der Waals surface area contributed by atoms with Gasteiger partial charge in [-0.3, -0.25) is 0 Å². The second-order valence-electron chi connectivity index (χ2n) is 13.8. The smallest absolute Gasteiger partial charge is 0.0476 e. The summed E-state index contributed by atoms with van der Waals surface area (Å²) in [6.07, 6.45) is 0. The van der Waals surface area contributed by atoms with E-state index in [-0.39, 0.29) is 5.41 Å². The maximum Gasteiger partial charge on any atom is 0.0476 e. The van der Waals surface area contributed by atoms with Gasteiger partial charge in [-0.25, -0.2) is 0 Å². The van der Waals surface area contributed by atoms with Crippen LogP contribution in [0, 0.1) is 0 Å². The Labute approximate surface area is 290 Å². The predicted molar refractivity (Wildman–Crippen MR) is 212 cm³/mol. The predicted octanol–water partition coefficient (Wildman–Crippen LogP) is 13.8. The number of anilines is 3. The molecule has 1 heterocycles. The molecule has 0 aliphatic heterocycles. The summed E-state index contributed by atoms with van der Waals surface area (Å²) in [6, 6.07) is 60.6. The van der Waals surface area contributed by atoms with E-state index < -0.39 is 0 Å². The third kappa shape index (κ3) is 4.31. The highest BCUT2D eigenvalue weighted by Gasteiger charge is 2.35. The molecule has 1 aliphatic rings. The molecule has 1 aliphatic carbocycles. The Balaban J connectivity index is 1.16. The van der Waals surface area contributed by atoms with Gasteiger partial charge >= 0.3 is 0 Å². The van der Waals surface area contributed by atoms with E-state index >= 15 is 0 Å². The largest absolute Gasteiger partial charge is 0.310 e. The summed E-state index contributed by atoms with van der Waals surface area (Å²) in [7, 11) is 0. The molecule has 49 heavy (non-hydrogen) atoms. The lowest BCUT2D eigenvalue weighted by Gasteiger charge is -2.27. The number of thiophene rings is 1. The van der Waals surface area contributed by atoms with Gasteiger partial charge in [0.25, 0.3) is 0 Å². The molecule has 2 heteroatoms. The minimum atomic E-state index is -0.0336. The molecule has 0 amide bonds. The Morgan fingerprint density at radius 2 is 1.04 bits per heavy atom. The molecule has 1 aromatic heterocycles. The number of fused-ring (bicyclic) bond motifs is 9. The minimum Gasteiger partial charge on any atom is -0.310 e. The van der Waals surface area contributed by atoms with Gasteiger partial charge in [-0.1, -0.05) is 141 Å². The first-order valence-electron chi connectivity index (χ1n) is 17.0. The SMILES string of the molecule is CC1(C)c2ccccc2-c2cc(N(c3ccc(-c4cccc5ccccc45)cc3)c3ccc4c(c3)sc3c5ccccc5ccc43)ccc21. The van der Waals surface area contributed by atoms with Gasteiger partial charge < -0.3 is 4.90 Å². The molecule has 0 atom stereocenters. The van der Waals surface area contributed by atoms with E-state index in [0.29, 0.717) is 0 Å². The molecule has 8 aromatic carbocycles. The van der Waals surface area contributed by atoms with Crippen molar-refractivity contribution in [3.05, 3.63) is 175 Å². The minimum absolute atomic E-state index is 0.0336. The van der Waals surface area contributed by atoms with Gasteiger partial charge in [-0.05, 0) is 91.3 Å². The van der Waals surface area contributed by atoms with Crippen LogP contribution in [0.5, 0.6) is 0 Å². The highest BCUT2D eigenvalue weighted by atomic mass is 32.1. The second-order valence-corrected chi connectivity index (χ2v) is 14.8. The van der Waals surface area contributed by atoms with Crippen molar-refractivity contribution in [3.63, 3.8) is 0 Å². The van der Waals surface area contributed by atoms with Crippen LogP contribution in [0.4, 0.5) is 17.1 Å². The first-order chi connectivity index (χ1) is 24.0. The van der Waals surface area contributed by atoms with Crippen molar-refractivity contribution in [2.75, 3.05) is 4.90 Å². The summed E-state index contributed by atoms with van der Waals surface area (Å²) in [5.74, 6) is 0. The average molecular weight is 644 g/mol. The van der Waals surface area contributed by atoms with Gasteiger partial charge in [0, 0.05) is 42.6 Å². The molecule has 10 rings (SSSR count). The number of hydrogen-bond acceptors (Lipinski definition) is 2. The molecule has 0 unspecified atom stereocenters. The number of hydrogen-bond donors (Lipinski definition) is 0. The lowest BCUT2D eigenvalue weighted by Crippen LogP contribution is -2.15. The summed E-state index contributed by atoms with van der Waals surface area (Å²) < 4.78 is 2.65. The van der Waals surface area contributed by atoms with E-state index in [2.05, 4.69) is 183 Å². The summed E-state index contributed by atoms with van der Waals surface area (Å²) in [5.41, 5.74) is 11.3. The Hall–Kier alpha value is -5.70. The maximum atomic E-state index is 2.43. The summed E-state index contributed by atoms with van der Waals surface area (Å²) in [4.78, 5) is 2.43.